The molecule has 2 amide bonds. The van der Waals surface area contributed by atoms with Crippen LogP contribution in [0.25, 0.3) is 34.3 Å². The molecule has 0 fully saturated rings. The molecule has 1 unspecified atom stereocenters. The van der Waals surface area contributed by atoms with E-state index in [4.69, 9.17) is 9.05 Å². The molecular formula is C31H26F3N5O5. The lowest BCUT2D eigenvalue weighted by Gasteiger charge is -2.20. The van der Waals surface area contributed by atoms with Gasteiger partial charge in [0.15, 0.2) is 6.10 Å². The number of aryl methyl sites for hydroxylation is 1. The molecule has 0 radical (unpaired) electrons. The molecule has 2 atom stereocenters. The van der Waals surface area contributed by atoms with Gasteiger partial charge in [0.25, 0.3) is 11.8 Å². The highest BCUT2D eigenvalue weighted by Gasteiger charge is 2.43. The Balaban J connectivity index is 1.30. The monoisotopic (exact) mass is 605 g/mol. The minimum Gasteiger partial charge on any atom is -0.378 e. The SMILES string of the molecule is CNC(=O)[C@H](CCc1ccccc1)NC(=O)C(O)c1ccc(-c2noc(-c3onc(-c4ccccc4)c3C(F)(F)F)n2)cc1. The summed E-state index contributed by atoms with van der Waals surface area (Å²) in [6.45, 7) is 0. The molecule has 5 aromatic rings. The Bertz CT molecular complexity index is 1720. The van der Waals surface area contributed by atoms with Gasteiger partial charge in [0, 0.05) is 18.2 Å². The highest BCUT2D eigenvalue weighted by atomic mass is 19.4. The summed E-state index contributed by atoms with van der Waals surface area (Å²) >= 11 is 0. The molecular weight excluding hydrogens is 579 g/mol. The van der Waals surface area contributed by atoms with Crippen molar-refractivity contribution >= 4 is 11.8 Å². The molecule has 0 aliphatic rings. The molecule has 5 rings (SSSR count). The average molecular weight is 606 g/mol. The summed E-state index contributed by atoms with van der Waals surface area (Å²) in [6, 6.07) is 22.1. The number of likely N-dealkylation sites (N-methyl/N-ethyl adjacent to an activating group) is 1. The smallest absolute Gasteiger partial charge is 0.378 e. The molecule has 2 heterocycles. The quantitative estimate of drug-likeness (QED) is 0.202. The summed E-state index contributed by atoms with van der Waals surface area (Å²) in [7, 11) is 1.46. The fraction of sp³-hybridized carbons (Fsp3) is 0.194. The third-order valence-corrected chi connectivity index (χ3v) is 6.82. The van der Waals surface area contributed by atoms with E-state index in [1.54, 1.807) is 18.2 Å². The van der Waals surface area contributed by atoms with Crippen LogP contribution >= 0.6 is 0 Å². The Morgan fingerprint density at radius 2 is 1.52 bits per heavy atom. The fourth-order valence-electron chi connectivity index (χ4n) is 4.54. The van der Waals surface area contributed by atoms with Crippen LogP contribution in [0.1, 0.15) is 29.2 Å². The van der Waals surface area contributed by atoms with E-state index in [0.29, 0.717) is 18.4 Å². The van der Waals surface area contributed by atoms with Gasteiger partial charge in [-0.25, -0.2) is 0 Å². The average Bonchev–Trinajstić information content (AvgIpc) is 3.71. The van der Waals surface area contributed by atoms with Crippen LogP contribution in [0.3, 0.4) is 0 Å². The van der Waals surface area contributed by atoms with E-state index in [-0.39, 0.29) is 17.0 Å². The van der Waals surface area contributed by atoms with E-state index in [0.717, 1.165) is 5.56 Å². The van der Waals surface area contributed by atoms with Crippen molar-refractivity contribution in [1.29, 1.82) is 0 Å². The summed E-state index contributed by atoms with van der Waals surface area (Å²) in [6.07, 6.45) is -5.59. The largest absolute Gasteiger partial charge is 0.422 e. The second kappa shape index (κ2) is 12.9. The van der Waals surface area contributed by atoms with Crippen LogP contribution in [-0.2, 0) is 22.2 Å². The van der Waals surface area contributed by atoms with Gasteiger partial charge in [0.1, 0.15) is 17.3 Å². The van der Waals surface area contributed by atoms with Crippen LogP contribution in [0, 0.1) is 0 Å². The number of hydrogen-bond donors (Lipinski definition) is 3. The highest BCUT2D eigenvalue weighted by molar-refractivity contribution is 5.89. The highest BCUT2D eigenvalue weighted by Crippen LogP contribution is 2.43. The van der Waals surface area contributed by atoms with Crippen LogP contribution in [0.15, 0.2) is 94.0 Å². The number of carbonyl (C=O) groups is 2. The molecule has 3 N–H and O–H groups in total. The predicted molar refractivity (Wildman–Crippen MR) is 151 cm³/mol. The lowest BCUT2D eigenvalue weighted by atomic mass is 10.0. The normalized spacial score (nSPS) is 12.8. The molecule has 3 aromatic carbocycles. The standard InChI is InChI=1S/C31H26F3N5O5/c1-35-28(41)22(17-12-18-8-4-2-5-9-18)36-29(42)25(40)20-13-15-21(16-14-20)27-37-30(44-39-27)26-23(31(32,33)34)24(38-43-26)19-10-6-3-7-11-19/h2-11,13-16,22,25,40H,12,17H2,1H3,(H,35,41)(H,36,42)/t22-,25?/m0/s1. The maximum Gasteiger partial charge on any atom is 0.422 e. The Morgan fingerprint density at radius 3 is 2.16 bits per heavy atom. The zero-order chi connectivity index (χ0) is 31.3. The van der Waals surface area contributed by atoms with Gasteiger partial charge in [-0.3, -0.25) is 9.59 Å². The Labute approximate surface area is 248 Å². The van der Waals surface area contributed by atoms with Gasteiger partial charge in [0.05, 0.1) is 0 Å². The Morgan fingerprint density at radius 1 is 0.864 bits per heavy atom. The first-order chi connectivity index (χ1) is 21.2. The molecule has 226 valence electrons. The van der Waals surface area contributed by atoms with E-state index in [1.807, 2.05) is 30.3 Å². The minimum absolute atomic E-state index is 0.0585. The van der Waals surface area contributed by atoms with E-state index in [2.05, 4.69) is 25.9 Å². The van der Waals surface area contributed by atoms with Crippen molar-refractivity contribution in [1.82, 2.24) is 25.9 Å². The number of alkyl halides is 3. The van der Waals surface area contributed by atoms with Crippen molar-refractivity contribution in [3.05, 3.63) is 102 Å². The second-order valence-corrected chi connectivity index (χ2v) is 9.75. The summed E-state index contributed by atoms with van der Waals surface area (Å²) < 4.78 is 52.2. The maximum absolute atomic E-state index is 14.0. The number of carbonyl (C=O) groups excluding carboxylic acids is 2. The molecule has 0 aliphatic heterocycles. The van der Waals surface area contributed by atoms with Gasteiger partial charge in [-0.2, -0.15) is 18.2 Å². The van der Waals surface area contributed by atoms with Crippen LogP contribution in [0.4, 0.5) is 13.2 Å². The van der Waals surface area contributed by atoms with E-state index < -0.39 is 53.0 Å². The topological polar surface area (TPSA) is 143 Å². The Kier molecular flexibility index (Phi) is 8.86. The number of nitrogens with one attached hydrogen (secondary N) is 2. The first-order valence-corrected chi connectivity index (χ1v) is 13.5. The van der Waals surface area contributed by atoms with Crippen molar-refractivity contribution in [2.75, 3.05) is 7.05 Å². The van der Waals surface area contributed by atoms with E-state index in [1.165, 1.54) is 43.4 Å². The summed E-state index contributed by atoms with van der Waals surface area (Å²) in [5.41, 5.74) is 0.163. The molecule has 0 bridgehead atoms. The van der Waals surface area contributed by atoms with Crippen LogP contribution in [0.2, 0.25) is 0 Å². The van der Waals surface area contributed by atoms with Gasteiger partial charge in [-0.05, 0) is 24.0 Å². The molecule has 13 heteroatoms. The maximum atomic E-state index is 14.0. The lowest BCUT2D eigenvalue weighted by molar-refractivity contribution is -0.137. The zero-order valence-electron chi connectivity index (χ0n) is 23.2. The number of aliphatic hydroxyl groups is 1. The van der Waals surface area contributed by atoms with Crippen molar-refractivity contribution < 1.29 is 36.9 Å². The molecule has 0 saturated carbocycles. The van der Waals surface area contributed by atoms with Crippen molar-refractivity contribution in [3.63, 3.8) is 0 Å². The number of aliphatic hydroxyl groups excluding tert-OH is 1. The zero-order valence-corrected chi connectivity index (χ0v) is 23.2. The van der Waals surface area contributed by atoms with Crippen LogP contribution < -0.4 is 10.6 Å². The number of halogens is 3. The van der Waals surface area contributed by atoms with Gasteiger partial charge in [0.2, 0.25) is 17.5 Å². The number of aromatic nitrogens is 3. The summed E-state index contributed by atoms with van der Waals surface area (Å²) in [5, 5.41) is 23.1. The molecule has 10 nitrogen and oxygen atoms in total. The van der Waals surface area contributed by atoms with Crippen LogP contribution in [0.5, 0.6) is 0 Å². The minimum atomic E-state index is -4.83. The first-order valence-electron chi connectivity index (χ1n) is 13.5. The van der Waals surface area contributed by atoms with Gasteiger partial charge in [-0.1, -0.05) is 95.2 Å². The van der Waals surface area contributed by atoms with Gasteiger partial charge >= 0.3 is 6.18 Å². The third kappa shape index (κ3) is 6.68. The molecule has 0 spiro atoms. The summed E-state index contributed by atoms with van der Waals surface area (Å²) in [5.74, 6) is -2.49. The molecule has 2 aromatic heterocycles. The second-order valence-electron chi connectivity index (χ2n) is 9.75. The molecule has 0 aliphatic carbocycles. The Hall–Kier alpha value is -5.30. The first kappa shape index (κ1) is 30.2. The number of benzene rings is 3. The third-order valence-electron chi connectivity index (χ3n) is 6.82. The molecule has 0 saturated heterocycles. The predicted octanol–water partition coefficient (Wildman–Crippen LogP) is 4.97. The van der Waals surface area contributed by atoms with Crippen LogP contribution in [-0.4, -0.2) is 45.3 Å². The number of rotatable bonds is 10. The number of amides is 2. The van der Waals surface area contributed by atoms with Crippen molar-refractivity contribution in [3.8, 4) is 34.3 Å². The van der Waals surface area contributed by atoms with E-state index in [9.17, 15) is 27.9 Å². The van der Waals surface area contributed by atoms with Crippen molar-refractivity contribution in [2.24, 2.45) is 0 Å². The van der Waals surface area contributed by atoms with Gasteiger partial charge in [-0.15, -0.1) is 0 Å². The van der Waals surface area contributed by atoms with Gasteiger partial charge < -0.3 is 24.8 Å². The lowest BCUT2D eigenvalue weighted by Crippen LogP contribution is -2.47. The van der Waals surface area contributed by atoms with E-state index >= 15 is 0 Å². The van der Waals surface area contributed by atoms with Crippen molar-refractivity contribution in [2.45, 2.75) is 31.2 Å². The number of nitrogens with zero attached hydrogens (tertiary/aromatic N) is 3. The number of hydrogen-bond acceptors (Lipinski definition) is 8. The fourth-order valence-corrected chi connectivity index (χ4v) is 4.54. The summed E-state index contributed by atoms with van der Waals surface area (Å²) in [4.78, 5) is 29.3. The molecule has 44 heavy (non-hydrogen) atoms.